The maximum absolute atomic E-state index is 12.3. The molecule has 1 aliphatic heterocycles. The van der Waals surface area contributed by atoms with Crippen molar-refractivity contribution in [3.05, 3.63) is 35.7 Å². The van der Waals surface area contributed by atoms with Crippen molar-refractivity contribution in [1.82, 2.24) is 15.5 Å². The number of aryl methyl sites for hydroxylation is 1. The number of aromatic nitrogens is 2. The van der Waals surface area contributed by atoms with Crippen molar-refractivity contribution in [2.24, 2.45) is 5.92 Å². The molecule has 2 heterocycles. The third-order valence-electron chi connectivity index (χ3n) is 4.23. The van der Waals surface area contributed by atoms with E-state index in [0.29, 0.717) is 18.3 Å². The SMILES string of the molecule is Cc1cccc(-c2noc(CNC(=O)[C@H]3CCOC(C)(C)C3)n2)c1. The lowest BCUT2D eigenvalue weighted by atomic mass is 9.88. The Morgan fingerprint density at radius 1 is 1.42 bits per heavy atom. The number of nitrogens with zero attached hydrogens (tertiary/aromatic N) is 2. The van der Waals surface area contributed by atoms with Gasteiger partial charge in [0, 0.05) is 18.1 Å². The van der Waals surface area contributed by atoms with E-state index in [0.717, 1.165) is 24.0 Å². The minimum atomic E-state index is -0.247. The normalized spacial score (nSPS) is 19.9. The van der Waals surface area contributed by atoms with E-state index >= 15 is 0 Å². The molecule has 24 heavy (non-hydrogen) atoms. The number of rotatable bonds is 4. The molecular weight excluding hydrogens is 306 g/mol. The van der Waals surface area contributed by atoms with Gasteiger partial charge in [-0.3, -0.25) is 4.79 Å². The molecule has 0 unspecified atom stereocenters. The summed E-state index contributed by atoms with van der Waals surface area (Å²) in [4.78, 5) is 16.7. The molecule has 0 aliphatic carbocycles. The second-order valence-corrected chi connectivity index (χ2v) is 6.90. The standard InChI is InChI=1S/C18H23N3O3/c1-12-5-4-6-13(9-12)16-20-15(24-21-16)11-19-17(22)14-7-8-23-18(2,3)10-14/h4-6,9,14H,7-8,10-11H2,1-3H3,(H,19,22)/t14-/m0/s1. The Labute approximate surface area is 141 Å². The van der Waals surface area contributed by atoms with Gasteiger partial charge in [-0.2, -0.15) is 4.98 Å². The van der Waals surface area contributed by atoms with E-state index in [-0.39, 0.29) is 24.0 Å². The highest BCUT2D eigenvalue weighted by molar-refractivity contribution is 5.78. The van der Waals surface area contributed by atoms with Crippen LogP contribution >= 0.6 is 0 Å². The van der Waals surface area contributed by atoms with Crippen LogP contribution < -0.4 is 5.32 Å². The van der Waals surface area contributed by atoms with Crippen LogP contribution in [0.3, 0.4) is 0 Å². The van der Waals surface area contributed by atoms with E-state index in [2.05, 4.69) is 15.5 Å². The van der Waals surface area contributed by atoms with Gasteiger partial charge in [0.25, 0.3) is 0 Å². The Kier molecular flexibility index (Phi) is 4.66. The zero-order valence-corrected chi connectivity index (χ0v) is 14.3. The van der Waals surface area contributed by atoms with Gasteiger partial charge in [0.05, 0.1) is 12.1 Å². The first-order valence-corrected chi connectivity index (χ1v) is 8.24. The summed E-state index contributed by atoms with van der Waals surface area (Å²) < 4.78 is 10.9. The Balaban J connectivity index is 1.58. The van der Waals surface area contributed by atoms with Gasteiger partial charge in [-0.1, -0.05) is 28.9 Å². The zero-order valence-electron chi connectivity index (χ0n) is 14.3. The van der Waals surface area contributed by atoms with Gasteiger partial charge in [-0.15, -0.1) is 0 Å². The molecule has 1 aromatic heterocycles. The monoisotopic (exact) mass is 329 g/mol. The molecule has 1 N–H and O–H groups in total. The van der Waals surface area contributed by atoms with Crippen molar-refractivity contribution in [2.45, 2.75) is 45.8 Å². The van der Waals surface area contributed by atoms with Crippen LogP contribution in [0.15, 0.2) is 28.8 Å². The second-order valence-electron chi connectivity index (χ2n) is 6.90. The summed E-state index contributed by atoms with van der Waals surface area (Å²) in [5, 5.41) is 6.88. The fourth-order valence-corrected chi connectivity index (χ4v) is 2.99. The largest absolute Gasteiger partial charge is 0.376 e. The first-order valence-electron chi connectivity index (χ1n) is 8.24. The first-order chi connectivity index (χ1) is 11.4. The Morgan fingerprint density at radius 2 is 2.25 bits per heavy atom. The summed E-state index contributed by atoms with van der Waals surface area (Å²) in [5.74, 6) is 0.927. The average molecular weight is 329 g/mol. The molecule has 1 amide bonds. The number of amides is 1. The summed E-state index contributed by atoms with van der Waals surface area (Å²) in [6.45, 7) is 6.90. The van der Waals surface area contributed by atoms with Crippen LogP contribution in [-0.2, 0) is 16.1 Å². The number of benzene rings is 1. The highest BCUT2D eigenvalue weighted by atomic mass is 16.5. The number of nitrogens with one attached hydrogen (secondary N) is 1. The molecule has 1 fully saturated rings. The quantitative estimate of drug-likeness (QED) is 0.933. The molecule has 128 valence electrons. The van der Waals surface area contributed by atoms with Crippen LogP contribution in [0.1, 0.15) is 38.1 Å². The lowest BCUT2D eigenvalue weighted by Gasteiger charge is -2.34. The van der Waals surface area contributed by atoms with Gasteiger partial charge >= 0.3 is 0 Å². The van der Waals surface area contributed by atoms with Crippen molar-refractivity contribution in [3.63, 3.8) is 0 Å². The predicted octanol–water partition coefficient (Wildman–Crippen LogP) is 2.87. The molecule has 0 radical (unpaired) electrons. The molecule has 1 aliphatic rings. The van der Waals surface area contributed by atoms with Crippen LogP contribution in [0, 0.1) is 12.8 Å². The summed E-state index contributed by atoms with van der Waals surface area (Å²) in [6.07, 6.45) is 1.46. The van der Waals surface area contributed by atoms with Gasteiger partial charge in [0.15, 0.2) is 0 Å². The van der Waals surface area contributed by atoms with Gasteiger partial charge in [0.1, 0.15) is 0 Å². The number of carbonyl (C=O) groups excluding carboxylic acids is 1. The van der Waals surface area contributed by atoms with E-state index in [1.54, 1.807) is 0 Å². The molecule has 2 aromatic rings. The minimum Gasteiger partial charge on any atom is -0.376 e. The summed E-state index contributed by atoms with van der Waals surface area (Å²) in [7, 11) is 0. The Bertz CT molecular complexity index is 724. The van der Waals surface area contributed by atoms with E-state index in [9.17, 15) is 4.79 Å². The Morgan fingerprint density at radius 3 is 3.00 bits per heavy atom. The first kappa shape index (κ1) is 16.6. The van der Waals surface area contributed by atoms with E-state index < -0.39 is 0 Å². The molecular formula is C18H23N3O3. The van der Waals surface area contributed by atoms with Gasteiger partial charge in [0.2, 0.25) is 17.6 Å². The zero-order chi connectivity index (χ0) is 17.2. The van der Waals surface area contributed by atoms with Crippen molar-refractivity contribution in [2.75, 3.05) is 6.61 Å². The third-order valence-corrected chi connectivity index (χ3v) is 4.23. The van der Waals surface area contributed by atoms with Crippen LogP contribution in [0.5, 0.6) is 0 Å². The lowest BCUT2D eigenvalue weighted by molar-refractivity contribution is -0.135. The lowest BCUT2D eigenvalue weighted by Crippen LogP contribution is -2.41. The number of hydrogen-bond donors (Lipinski definition) is 1. The van der Waals surface area contributed by atoms with Crippen molar-refractivity contribution >= 4 is 5.91 Å². The fourth-order valence-electron chi connectivity index (χ4n) is 2.99. The fraction of sp³-hybridized carbons (Fsp3) is 0.500. The molecule has 3 rings (SSSR count). The molecule has 6 heteroatoms. The molecule has 0 bridgehead atoms. The minimum absolute atomic E-state index is 0.0154. The molecule has 6 nitrogen and oxygen atoms in total. The van der Waals surface area contributed by atoms with E-state index in [1.807, 2.05) is 45.0 Å². The highest BCUT2D eigenvalue weighted by Crippen LogP contribution is 2.28. The topological polar surface area (TPSA) is 77.2 Å². The van der Waals surface area contributed by atoms with Crippen LogP contribution in [0.4, 0.5) is 0 Å². The molecule has 1 saturated heterocycles. The summed E-state index contributed by atoms with van der Waals surface area (Å²) in [5.41, 5.74) is 1.79. The van der Waals surface area contributed by atoms with E-state index in [1.165, 1.54) is 0 Å². The van der Waals surface area contributed by atoms with Gasteiger partial charge < -0.3 is 14.6 Å². The number of ether oxygens (including phenoxy) is 1. The molecule has 0 saturated carbocycles. The summed E-state index contributed by atoms with van der Waals surface area (Å²) >= 11 is 0. The smallest absolute Gasteiger partial charge is 0.246 e. The number of hydrogen-bond acceptors (Lipinski definition) is 5. The molecule has 1 atom stereocenters. The van der Waals surface area contributed by atoms with Crippen LogP contribution in [0.2, 0.25) is 0 Å². The van der Waals surface area contributed by atoms with Crippen molar-refractivity contribution < 1.29 is 14.1 Å². The molecule has 0 spiro atoms. The molecule has 1 aromatic carbocycles. The predicted molar refractivity (Wildman–Crippen MR) is 89.1 cm³/mol. The maximum Gasteiger partial charge on any atom is 0.246 e. The van der Waals surface area contributed by atoms with Gasteiger partial charge in [-0.25, -0.2) is 0 Å². The number of carbonyl (C=O) groups is 1. The maximum atomic E-state index is 12.3. The van der Waals surface area contributed by atoms with E-state index in [4.69, 9.17) is 9.26 Å². The second kappa shape index (κ2) is 6.73. The van der Waals surface area contributed by atoms with Crippen molar-refractivity contribution in [3.8, 4) is 11.4 Å². The van der Waals surface area contributed by atoms with Gasteiger partial charge in [-0.05, 0) is 39.7 Å². The summed E-state index contributed by atoms with van der Waals surface area (Å²) in [6, 6.07) is 7.90. The Hall–Kier alpha value is -2.21. The van der Waals surface area contributed by atoms with Crippen LogP contribution in [-0.4, -0.2) is 28.3 Å². The third kappa shape index (κ3) is 4.00. The average Bonchev–Trinajstić information content (AvgIpc) is 3.00. The van der Waals surface area contributed by atoms with Crippen LogP contribution in [0.25, 0.3) is 11.4 Å². The highest BCUT2D eigenvalue weighted by Gasteiger charge is 2.32. The van der Waals surface area contributed by atoms with Crippen molar-refractivity contribution in [1.29, 1.82) is 0 Å².